The molecule has 11 heteroatoms. The molecule has 0 aliphatic rings. The van der Waals surface area contributed by atoms with Crippen molar-refractivity contribution in [2.24, 2.45) is 0 Å². The maximum Gasteiger partial charge on any atom is 0.345 e. The first kappa shape index (κ1) is 31.9. The van der Waals surface area contributed by atoms with Crippen LogP contribution in [0.4, 0.5) is 5.69 Å². The number of nitrogens with zero attached hydrogens (tertiary/aromatic N) is 1. The van der Waals surface area contributed by atoms with Crippen molar-refractivity contribution in [3.63, 3.8) is 0 Å². The van der Waals surface area contributed by atoms with Crippen molar-refractivity contribution in [1.29, 1.82) is 0 Å². The molecule has 11 nitrogen and oxygen atoms in total. The van der Waals surface area contributed by atoms with Crippen LogP contribution in [0.2, 0.25) is 0 Å². The number of hydrogen-bond acceptors (Lipinski definition) is 10. The van der Waals surface area contributed by atoms with Crippen molar-refractivity contribution in [1.82, 2.24) is 0 Å². The molecule has 0 saturated heterocycles. The van der Waals surface area contributed by atoms with Gasteiger partial charge in [-0.25, -0.2) is 9.59 Å². The normalized spacial score (nSPS) is 9.95. The maximum absolute atomic E-state index is 11.7. The van der Waals surface area contributed by atoms with Gasteiger partial charge in [-0.2, -0.15) is 0 Å². The van der Waals surface area contributed by atoms with Gasteiger partial charge in [0.2, 0.25) is 0 Å². The number of benzene rings is 4. The van der Waals surface area contributed by atoms with Gasteiger partial charge in [-0.3, -0.25) is 10.1 Å². The number of carbonyl (C=O) groups is 2. The van der Waals surface area contributed by atoms with Crippen molar-refractivity contribution < 1.29 is 42.9 Å². The van der Waals surface area contributed by atoms with E-state index in [0.29, 0.717) is 23.7 Å². The highest BCUT2D eigenvalue weighted by Crippen LogP contribution is 2.35. The van der Waals surface area contributed by atoms with Gasteiger partial charge in [-0.15, -0.1) is 0 Å². The SMILES string of the molecule is COC(=O)c1cc(OC)c(OCc2ccccc2)cc1[N+](=O)[O-].COC(=O)c1ccc(OCc2ccccc2)c(OC)c1. The van der Waals surface area contributed by atoms with E-state index in [2.05, 4.69) is 9.47 Å². The Hall–Kier alpha value is -5.58. The molecule has 0 aliphatic heterocycles. The highest BCUT2D eigenvalue weighted by molar-refractivity contribution is 5.95. The summed E-state index contributed by atoms with van der Waals surface area (Å²) in [4.78, 5) is 33.6. The molecule has 4 aromatic carbocycles. The number of esters is 2. The molecule has 0 bridgehead atoms. The fourth-order valence-electron chi connectivity index (χ4n) is 3.75. The average molecular weight is 590 g/mol. The molecule has 43 heavy (non-hydrogen) atoms. The third kappa shape index (κ3) is 8.95. The first-order chi connectivity index (χ1) is 20.8. The monoisotopic (exact) mass is 589 g/mol. The van der Waals surface area contributed by atoms with Crippen molar-refractivity contribution in [3.8, 4) is 23.0 Å². The van der Waals surface area contributed by atoms with Crippen LogP contribution in [-0.2, 0) is 22.7 Å². The summed E-state index contributed by atoms with van der Waals surface area (Å²) in [5.74, 6) is 0.262. The Morgan fingerprint density at radius 1 is 0.628 bits per heavy atom. The third-order valence-electron chi connectivity index (χ3n) is 5.94. The van der Waals surface area contributed by atoms with Gasteiger partial charge in [0, 0.05) is 6.07 Å². The van der Waals surface area contributed by atoms with Crippen LogP contribution in [0.15, 0.2) is 91.0 Å². The van der Waals surface area contributed by atoms with E-state index in [9.17, 15) is 19.7 Å². The van der Waals surface area contributed by atoms with Gasteiger partial charge >= 0.3 is 11.9 Å². The molecule has 0 amide bonds. The van der Waals surface area contributed by atoms with Crippen molar-refractivity contribution in [2.75, 3.05) is 28.4 Å². The second-order valence-electron chi connectivity index (χ2n) is 8.67. The highest BCUT2D eigenvalue weighted by Gasteiger charge is 2.25. The Labute approximate surface area is 248 Å². The standard InChI is InChI=1S/C16H15NO6.C16H16O4/c1-21-14-8-12(16(18)22-2)13(17(19)20)9-15(14)23-10-11-6-4-3-5-7-11;1-18-15-10-13(16(17)19-2)8-9-14(15)20-11-12-6-4-3-5-7-12/h3-9H,10H2,1-2H3;3-10H,11H2,1-2H3. The molecule has 4 aromatic rings. The first-order valence-corrected chi connectivity index (χ1v) is 12.9. The predicted octanol–water partition coefficient (Wildman–Crippen LogP) is 6.03. The van der Waals surface area contributed by atoms with E-state index in [1.54, 1.807) is 18.2 Å². The van der Waals surface area contributed by atoms with Gasteiger partial charge in [0.25, 0.3) is 5.69 Å². The van der Waals surface area contributed by atoms with E-state index >= 15 is 0 Å². The lowest BCUT2D eigenvalue weighted by molar-refractivity contribution is -0.385. The quantitative estimate of drug-likeness (QED) is 0.116. The van der Waals surface area contributed by atoms with Gasteiger partial charge in [-0.05, 0) is 29.3 Å². The average Bonchev–Trinajstić information content (AvgIpc) is 3.06. The lowest BCUT2D eigenvalue weighted by Gasteiger charge is -2.12. The van der Waals surface area contributed by atoms with Crippen LogP contribution in [0.25, 0.3) is 0 Å². The van der Waals surface area contributed by atoms with Gasteiger partial charge < -0.3 is 28.4 Å². The lowest BCUT2D eigenvalue weighted by atomic mass is 10.1. The van der Waals surface area contributed by atoms with Gasteiger partial charge in [-0.1, -0.05) is 60.7 Å². The Kier molecular flexibility index (Phi) is 11.9. The zero-order valence-electron chi connectivity index (χ0n) is 24.1. The largest absolute Gasteiger partial charge is 0.493 e. The van der Waals surface area contributed by atoms with E-state index in [0.717, 1.165) is 24.3 Å². The molecule has 0 spiro atoms. The van der Waals surface area contributed by atoms with E-state index in [4.69, 9.17) is 18.9 Å². The number of nitro groups is 1. The van der Waals surface area contributed by atoms with Gasteiger partial charge in [0.1, 0.15) is 18.8 Å². The first-order valence-electron chi connectivity index (χ1n) is 12.9. The summed E-state index contributed by atoms with van der Waals surface area (Å²) in [6.45, 7) is 0.653. The highest BCUT2D eigenvalue weighted by atomic mass is 16.6. The number of nitro benzene ring substituents is 1. The second-order valence-corrected chi connectivity index (χ2v) is 8.67. The molecule has 0 atom stereocenters. The lowest BCUT2D eigenvalue weighted by Crippen LogP contribution is -2.07. The minimum absolute atomic E-state index is 0.177. The zero-order valence-corrected chi connectivity index (χ0v) is 24.1. The van der Waals surface area contributed by atoms with Crippen LogP contribution in [0.5, 0.6) is 23.0 Å². The number of ether oxygens (including phenoxy) is 6. The van der Waals surface area contributed by atoms with Crippen LogP contribution < -0.4 is 18.9 Å². The zero-order chi connectivity index (χ0) is 31.2. The number of hydrogen-bond donors (Lipinski definition) is 0. The summed E-state index contributed by atoms with van der Waals surface area (Å²) in [7, 11) is 5.41. The minimum Gasteiger partial charge on any atom is -0.493 e. The Balaban J connectivity index is 0.000000238. The van der Waals surface area contributed by atoms with Crippen molar-refractivity contribution in [2.45, 2.75) is 13.2 Å². The molecule has 0 fully saturated rings. The van der Waals surface area contributed by atoms with Crippen LogP contribution >= 0.6 is 0 Å². The van der Waals surface area contributed by atoms with Crippen molar-refractivity contribution >= 4 is 17.6 Å². The number of methoxy groups -OCH3 is 4. The van der Waals surface area contributed by atoms with E-state index in [-0.39, 0.29) is 23.7 Å². The summed E-state index contributed by atoms with van der Waals surface area (Å²) in [6.07, 6.45) is 0. The van der Waals surface area contributed by atoms with E-state index in [1.165, 1.54) is 27.4 Å². The molecule has 0 heterocycles. The second kappa shape index (κ2) is 16.0. The summed E-state index contributed by atoms with van der Waals surface area (Å²) in [6, 6.07) is 26.5. The summed E-state index contributed by atoms with van der Waals surface area (Å²) in [5.41, 5.74) is 1.79. The summed E-state index contributed by atoms with van der Waals surface area (Å²) in [5, 5.41) is 11.2. The number of carbonyl (C=O) groups excluding carboxylic acids is 2. The fourth-order valence-corrected chi connectivity index (χ4v) is 3.75. The van der Waals surface area contributed by atoms with E-state index < -0.39 is 22.5 Å². The molecule has 4 rings (SSSR count). The molecule has 0 saturated carbocycles. The van der Waals surface area contributed by atoms with Gasteiger partial charge in [0.15, 0.2) is 23.0 Å². The summed E-state index contributed by atoms with van der Waals surface area (Å²) >= 11 is 0. The van der Waals surface area contributed by atoms with Crippen molar-refractivity contribution in [3.05, 3.63) is 123 Å². The predicted molar refractivity (Wildman–Crippen MR) is 157 cm³/mol. The molecule has 0 N–H and O–H groups in total. The molecule has 224 valence electrons. The smallest absolute Gasteiger partial charge is 0.345 e. The van der Waals surface area contributed by atoms with Crippen LogP contribution in [0, 0.1) is 10.1 Å². The topological polar surface area (TPSA) is 133 Å². The number of rotatable bonds is 11. The Morgan fingerprint density at radius 3 is 1.63 bits per heavy atom. The minimum atomic E-state index is -0.815. The molecular formula is C32H31NO10. The molecule has 0 aliphatic carbocycles. The molecular weight excluding hydrogens is 558 g/mol. The Morgan fingerprint density at radius 2 is 1.14 bits per heavy atom. The van der Waals surface area contributed by atoms with E-state index in [1.807, 2.05) is 60.7 Å². The van der Waals surface area contributed by atoms with Crippen LogP contribution in [0.1, 0.15) is 31.8 Å². The Bertz CT molecular complexity index is 1520. The van der Waals surface area contributed by atoms with Crippen LogP contribution in [0.3, 0.4) is 0 Å². The maximum atomic E-state index is 11.7. The van der Waals surface area contributed by atoms with Gasteiger partial charge in [0.05, 0.1) is 45.0 Å². The fraction of sp³-hybridized carbons (Fsp3) is 0.188. The third-order valence-corrected chi connectivity index (χ3v) is 5.94. The summed E-state index contributed by atoms with van der Waals surface area (Å²) < 4.78 is 30.9. The molecule has 0 radical (unpaired) electrons. The molecule has 0 unspecified atom stereocenters. The molecule has 0 aromatic heterocycles. The van der Waals surface area contributed by atoms with Crippen LogP contribution in [-0.4, -0.2) is 45.3 Å².